The highest BCUT2D eigenvalue weighted by molar-refractivity contribution is 8.00. The first-order valence-corrected chi connectivity index (χ1v) is 11.2. The molecular weight excluding hydrogens is 429 g/mol. The molecule has 9 heteroatoms. The number of rotatable bonds is 6. The number of hydrogen-bond donors (Lipinski definition) is 0. The number of nitrogens with zero attached hydrogens (tertiary/aromatic N) is 5. The van der Waals surface area contributed by atoms with E-state index < -0.39 is 17.0 Å². The molecule has 0 aliphatic carbocycles. The highest BCUT2D eigenvalue weighted by Gasteiger charge is 2.33. The summed E-state index contributed by atoms with van der Waals surface area (Å²) in [6.45, 7) is 4.64. The van der Waals surface area contributed by atoms with E-state index in [1.54, 1.807) is 18.5 Å². The molecular formula is C23H22FN5O2S. The summed E-state index contributed by atoms with van der Waals surface area (Å²) in [4.78, 5) is 31.6. The number of allylic oxidation sites excluding steroid dienone is 1. The predicted octanol–water partition coefficient (Wildman–Crippen LogP) is 3.98. The van der Waals surface area contributed by atoms with Crippen LogP contribution in [0.3, 0.4) is 0 Å². The van der Waals surface area contributed by atoms with Crippen molar-refractivity contribution in [3.8, 4) is 11.4 Å². The quantitative estimate of drug-likeness (QED) is 0.417. The third-order valence-electron chi connectivity index (χ3n) is 5.19. The van der Waals surface area contributed by atoms with Crippen molar-refractivity contribution in [1.82, 2.24) is 24.6 Å². The van der Waals surface area contributed by atoms with Gasteiger partial charge in [0.05, 0.1) is 5.25 Å². The van der Waals surface area contributed by atoms with E-state index in [4.69, 9.17) is 0 Å². The number of aromatic nitrogens is 4. The fraction of sp³-hybridized carbons (Fsp3) is 0.261. The number of imide groups is 1. The average Bonchev–Trinajstić information content (AvgIpc) is 3.11. The van der Waals surface area contributed by atoms with Gasteiger partial charge in [0.2, 0.25) is 5.91 Å². The minimum atomic E-state index is -0.472. The summed E-state index contributed by atoms with van der Waals surface area (Å²) in [5.74, 6) is -0.438. The number of amides is 2. The van der Waals surface area contributed by atoms with Crippen LogP contribution in [0.15, 0.2) is 66.6 Å². The standard InChI is InChI=1S/C23H22FN5O2S/c1-2-14-28-20(16-10-12-25-13-11-16)26-27-23(28)32-19-5-3-4-15-29(22(19)31)21(30)17-6-8-18(24)9-7-17/h2,6-13,19H,1,3-5,14-15H2/t19-/m1/s1. The van der Waals surface area contributed by atoms with Crippen molar-refractivity contribution >= 4 is 23.6 Å². The topological polar surface area (TPSA) is 81.0 Å². The molecule has 32 heavy (non-hydrogen) atoms. The number of halogens is 1. The lowest BCUT2D eigenvalue weighted by molar-refractivity contribution is -0.127. The summed E-state index contributed by atoms with van der Waals surface area (Å²) < 4.78 is 15.1. The van der Waals surface area contributed by atoms with E-state index in [-0.39, 0.29) is 5.91 Å². The molecule has 164 valence electrons. The third kappa shape index (κ3) is 4.62. The molecule has 2 amide bonds. The fourth-order valence-electron chi connectivity index (χ4n) is 3.58. The van der Waals surface area contributed by atoms with Gasteiger partial charge in [0.15, 0.2) is 11.0 Å². The second kappa shape index (κ2) is 9.86. The Balaban J connectivity index is 1.59. The van der Waals surface area contributed by atoms with Gasteiger partial charge in [0.1, 0.15) is 5.82 Å². The minimum absolute atomic E-state index is 0.263. The Kier molecular flexibility index (Phi) is 6.75. The summed E-state index contributed by atoms with van der Waals surface area (Å²) in [7, 11) is 0. The smallest absolute Gasteiger partial charge is 0.260 e. The first-order chi connectivity index (χ1) is 15.6. The number of pyridine rings is 1. The van der Waals surface area contributed by atoms with Gasteiger partial charge < -0.3 is 0 Å². The Bertz CT molecular complexity index is 1120. The van der Waals surface area contributed by atoms with Crippen LogP contribution in [0.4, 0.5) is 4.39 Å². The molecule has 0 bridgehead atoms. The first kappa shape index (κ1) is 21.9. The van der Waals surface area contributed by atoms with Crippen molar-refractivity contribution in [2.45, 2.75) is 36.2 Å². The number of likely N-dealkylation sites (tertiary alicyclic amines) is 1. The monoisotopic (exact) mass is 451 g/mol. The third-order valence-corrected chi connectivity index (χ3v) is 6.43. The molecule has 2 aromatic heterocycles. The van der Waals surface area contributed by atoms with Gasteiger partial charge in [-0.25, -0.2) is 4.39 Å². The van der Waals surface area contributed by atoms with Gasteiger partial charge in [-0.05, 0) is 49.2 Å². The molecule has 4 rings (SSSR count). The van der Waals surface area contributed by atoms with E-state index in [9.17, 15) is 14.0 Å². The van der Waals surface area contributed by atoms with E-state index in [0.717, 1.165) is 18.4 Å². The van der Waals surface area contributed by atoms with Crippen molar-refractivity contribution in [3.05, 3.63) is 72.8 Å². The molecule has 0 spiro atoms. The highest BCUT2D eigenvalue weighted by Crippen LogP contribution is 2.32. The van der Waals surface area contributed by atoms with Crippen LogP contribution < -0.4 is 0 Å². The largest absolute Gasteiger partial charge is 0.298 e. The lowest BCUT2D eigenvalue weighted by Gasteiger charge is -2.22. The molecule has 0 saturated carbocycles. The van der Waals surface area contributed by atoms with Gasteiger partial charge in [-0.1, -0.05) is 24.3 Å². The molecule has 1 atom stereocenters. The number of thioether (sulfide) groups is 1. The maximum Gasteiger partial charge on any atom is 0.260 e. The summed E-state index contributed by atoms with van der Waals surface area (Å²) in [5, 5.41) is 8.75. The van der Waals surface area contributed by atoms with Crippen molar-refractivity contribution in [3.63, 3.8) is 0 Å². The summed E-state index contributed by atoms with van der Waals surface area (Å²) in [5.41, 5.74) is 1.15. The van der Waals surface area contributed by atoms with E-state index >= 15 is 0 Å². The zero-order valence-electron chi connectivity index (χ0n) is 17.4. The number of carbonyl (C=O) groups is 2. The lowest BCUT2D eigenvalue weighted by Crippen LogP contribution is -2.41. The number of benzene rings is 1. The Morgan fingerprint density at radius 3 is 2.62 bits per heavy atom. The lowest BCUT2D eigenvalue weighted by atomic mass is 10.2. The molecule has 3 heterocycles. The van der Waals surface area contributed by atoms with Crippen LogP contribution in [-0.4, -0.2) is 48.3 Å². The maximum absolute atomic E-state index is 13.3. The van der Waals surface area contributed by atoms with Crippen LogP contribution in [0, 0.1) is 5.82 Å². The summed E-state index contributed by atoms with van der Waals surface area (Å²) in [6, 6.07) is 8.94. The Hall–Kier alpha value is -3.33. The first-order valence-electron chi connectivity index (χ1n) is 10.3. The molecule has 1 fully saturated rings. The van der Waals surface area contributed by atoms with Crippen molar-refractivity contribution in [2.24, 2.45) is 0 Å². The fourth-order valence-corrected chi connectivity index (χ4v) is 4.72. The van der Waals surface area contributed by atoms with Gasteiger partial charge in [0, 0.05) is 36.6 Å². The van der Waals surface area contributed by atoms with Gasteiger partial charge in [-0.3, -0.25) is 24.0 Å². The van der Waals surface area contributed by atoms with E-state index in [2.05, 4.69) is 21.8 Å². The zero-order chi connectivity index (χ0) is 22.5. The molecule has 1 aliphatic heterocycles. The molecule has 0 unspecified atom stereocenters. The molecule has 1 aliphatic rings. The normalized spacial score (nSPS) is 16.6. The molecule has 0 radical (unpaired) electrons. The van der Waals surface area contributed by atoms with Gasteiger partial charge in [-0.2, -0.15) is 0 Å². The molecule has 1 aromatic carbocycles. The zero-order valence-corrected chi connectivity index (χ0v) is 18.2. The van der Waals surface area contributed by atoms with Crippen LogP contribution in [0.1, 0.15) is 29.6 Å². The molecule has 3 aromatic rings. The Morgan fingerprint density at radius 2 is 1.91 bits per heavy atom. The Morgan fingerprint density at radius 1 is 1.16 bits per heavy atom. The number of hydrogen-bond acceptors (Lipinski definition) is 6. The van der Waals surface area contributed by atoms with Gasteiger partial charge >= 0.3 is 0 Å². The van der Waals surface area contributed by atoms with Crippen LogP contribution in [0.25, 0.3) is 11.4 Å². The van der Waals surface area contributed by atoms with Gasteiger partial charge in [-0.15, -0.1) is 16.8 Å². The maximum atomic E-state index is 13.3. The van der Waals surface area contributed by atoms with Gasteiger partial charge in [0.25, 0.3) is 5.91 Å². The summed E-state index contributed by atoms with van der Waals surface area (Å²) >= 11 is 1.31. The predicted molar refractivity (Wildman–Crippen MR) is 119 cm³/mol. The highest BCUT2D eigenvalue weighted by atomic mass is 32.2. The van der Waals surface area contributed by atoms with E-state index in [0.29, 0.717) is 36.1 Å². The second-order valence-electron chi connectivity index (χ2n) is 7.35. The van der Waals surface area contributed by atoms with E-state index in [1.807, 2.05) is 16.7 Å². The van der Waals surface area contributed by atoms with Crippen molar-refractivity contribution < 1.29 is 14.0 Å². The molecule has 7 nitrogen and oxygen atoms in total. The van der Waals surface area contributed by atoms with Crippen molar-refractivity contribution in [2.75, 3.05) is 6.54 Å². The average molecular weight is 452 g/mol. The summed E-state index contributed by atoms with van der Waals surface area (Å²) in [6.07, 6.45) is 7.27. The van der Waals surface area contributed by atoms with Crippen molar-refractivity contribution in [1.29, 1.82) is 0 Å². The number of carbonyl (C=O) groups excluding carboxylic acids is 2. The molecule has 0 N–H and O–H groups in total. The van der Waals surface area contributed by atoms with Crippen LogP contribution in [0.5, 0.6) is 0 Å². The minimum Gasteiger partial charge on any atom is -0.298 e. The van der Waals surface area contributed by atoms with Crippen LogP contribution >= 0.6 is 11.8 Å². The Labute approximate surface area is 189 Å². The molecule has 1 saturated heterocycles. The van der Waals surface area contributed by atoms with Crippen LogP contribution in [0.2, 0.25) is 0 Å². The second-order valence-corrected chi connectivity index (χ2v) is 8.52. The van der Waals surface area contributed by atoms with E-state index in [1.165, 1.54) is 40.9 Å². The SMILES string of the molecule is C=CCn1c(S[C@@H]2CCCCN(C(=O)c3ccc(F)cc3)C2=O)nnc1-c1ccncc1. The van der Waals surface area contributed by atoms with Crippen LogP contribution in [-0.2, 0) is 11.3 Å².